The monoisotopic (exact) mass is 367 g/mol. The maximum atomic E-state index is 13.9. The van der Waals surface area contributed by atoms with E-state index in [-0.39, 0.29) is 4.88 Å². The van der Waals surface area contributed by atoms with Crippen molar-refractivity contribution in [3.63, 3.8) is 0 Å². The van der Waals surface area contributed by atoms with Crippen molar-refractivity contribution in [3.05, 3.63) is 46.9 Å². The zero-order chi connectivity index (χ0) is 17.9. The SMILES string of the molecule is Cc1sc(-c2ccncc2)cc1C1=C(F)C(F)(F)C(F)(F)C1(F)F. The number of halogens is 7. The molecule has 0 spiro atoms. The number of nitrogens with zero attached hydrogens (tertiary/aromatic N) is 1. The Hall–Kier alpha value is -1.90. The first kappa shape index (κ1) is 16.9. The molecule has 2 aromatic heterocycles. The molecule has 24 heavy (non-hydrogen) atoms. The lowest BCUT2D eigenvalue weighted by atomic mass is 10.0. The molecule has 0 aromatic carbocycles. The third kappa shape index (κ3) is 2.03. The molecular formula is C15H8F7NS. The van der Waals surface area contributed by atoms with E-state index < -0.39 is 34.7 Å². The third-order valence-corrected chi connectivity index (χ3v) is 4.85. The van der Waals surface area contributed by atoms with Crippen molar-refractivity contribution in [1.29, 1.82) is 0 Å². The molecule has 2 aromatic rings. The first-order chi connectivity index (χ1) is 11.0. The van der Waals surface area contributed by atoms with Gasteiger partial charge in [-0.3, -0.25) is 4.98 Å². The summed E-state index contributed by atoms with van der Waals surface area (Å²) in [6.45, 7) is 1.27. The number of hydrogen-bond acceptors (Lipinski definition) is 2. The first-order valence-electron chi connectivity index (χ1n) is 6.57. The number of rotatable bonds is 2. The Bertz CT molecular complexity index is 824. The number of hydrogen-bond donors (Lipinski definition) is 0. The van der Waals surface area contributed by atoms with E-state index in [1.165, 1.54) is 31.5 Å². The summed E-state index contributed by atoms with van der Waals surface area (Å²) in [5.74, 6) is -19.5. The number of allylic oxidation sites excluding steroid dienone is 2. The summed E-state index contributed by atoms with van der Waals surface area (Å²) >= 11 is 0.906. The molecule has 3 rings (SSSR count). The highest BCUT2D eigenvalue weighted by Gasteiger charge is 2.81. The highest BCUT2D eigenvalue weighted by Crippen LogP contribution is 2.63. The van der Waals surface area contributed by atoms with Gasteiger partial charge in [-0.05, 0) is 30.7 Å². The molecule has 1 aliphatic rings. The zero-order valence-corrected chi connectivity index (χ0v) is 12.7. The van der Waals surface area contributed by atoms with E-state index in [2.05, 4.69) is 4.98 Å². The van der Waals surface area contributed by atoms with Gasteiger partial charge in [0, 0.05) is 27.7 Å². The van der Waals surface area contributed by atoms with Crippen LogP contribution >= 0.6 is 11.3 Å². The molecule has 128 valence electrons. The van der Waals surface area contributed by atoms with Gasteiger partial charge < -0.3 is 0 Å². The van der Waals surface area contributed by atoms with Crippen LogP contribution in [0.4, 0.5) is 30.7 Å². The Kier molecular flexibility index (Phi) is 3.56. The number of pyridine rings is 1. The summed E-state index contributed by atoms with van der Waals surface area (Å²) in [7, 11) is 0. The van der Waals surface area contributed by atoms with Crippen molar-refractivity contribution in [3.8, 4) is 10.4 Å². The molecule has 0 amide bonds. The molecule has 0 unspecified atom stereocenters. The summed E-state index contributed by atoms with van der Waals surface area (Å²) in [5.41, 5.74) is -2.08. The molecule has 9 heteroatoms. The smallest absolute Gasteiger partial charge is 0.265 e. The van der Waals surface area contributed by atoms with Gasteiger partial charge in [-0.1, -0.05) is 0 Å². The van der Waals surface area contributed by atoms with Crippen LogP contribution in [0.5, 0.6) is 0 Å². The highest BCUT2D eigenvalue weighted by atomic mass is 32.1. The van der Waals surface area contributed by atoms with Gasteiger partial charge in [0.05, 0.1) is 5.57 Å². The summed E-state index contributed by atoms with van der Waals surface area (Å²) in [6.07, 6.45) is 2.83. The Labute approximate surface area is 135 Å². The third-order valence-electron chi connectivity index (χ3n) is 3.75. The lowest BCUT2D eigenvalue weighted by Crippen LogP contribution is -2.48. The van der Waals surface area contributed by atoms with Gasteiger partial charge >= 0.3 is 17.8 Å². The van der Waals surface area contributed by atoms with Gasteiger partial charge in [0.1, 0.15) is 0 Å². The van der Waals surface area contributed by atoms with Crippen molar-refractivity contribution < 1.29 is 30.7 Å². The van der Waals surface area contributed by atoms with Gasteiger partial charge in [0.2, 0.25) is 0 Å². The molecule has 0 aliphatic heterocycles. The quantitative estimate of drug-likeness (QED) is 0.619. The van der Waals surface area contributed by atoms with Crippen molar-refractivity contribution >= 4 is 16.9 Å². The summed E-state index contributed by atoms with van der Waals surface area (Å²) in [6, 6.07) is 4.06. The Morgan fingerprint density at radius 3 is 2.04 bits per heavy atom. The van der Waals surface area contributed by atoms with Crippen LogP contribution in [0.3, 0.4) is 0 Å². The van der Waals surface area contributed by atoms with Crippen LogP contribution in [0.25, 0.3) is 16.0 Å². The Balaban J connectivity index is 2.20. The van der Waals surface area contributed by atoms with Gasteiger partial charge in [-0.25, -0.2) is 4.39 Å². The molecule has 0 atom stereocenters. The van der Waals surface area contributed by atoms with E-state index in [0.717, 1.165) is 17.4 Å². The molecule has 0 bridgehead atoms. The highest BCUT2D eigenvalue weighted by molar-refractivity contribution is 7.15. The second kappa shape index (κ2) is 5.05. The topological polar surface area (TPSA) is 12.9 Å². The van der Waals surface area contributed by atoms with Crippen LogP contribution in [0, 0.1) is 6.92 Å². The maximum Gasteiger partial charge on any atom is 0.383 e. The van der Waals surface area contributed by atoms with E-state index in [1.54, 1.807) is 0 Å². The average Bonchev–Trinajstić information content (AvgIpc) is 2.92. The predicted octanol–water partition coefficient (Wildman–Crippen LogP) is 5.72. The second-order valence-electron chi connectivity index (χ2n) is 5.23. The van der Waals surface area contributed by atoms with Gasteiger partial charge in [0.15, 0.2) is 5.83 Å². The Morgan fingerprint density at radius 2 is 1.54 bits per heavy atom. The molecule has 1 aliphatic carbocycles. The summed E-state index contributed by atoms with van der Waals surface area (Å²) in [5, 5.41) is 0. The molecule has 0 saturated heterocycles. The lowest BCUT2D eigenvalue weighted by molar-refractivity contribution is -0.263. The van der Waals surface area contributed by atoms with Crippen LogP contribution < -0.4 is 0 Å². The minimum absolute atomic E-state index is 0.0279. The van der Waals surface area contributed by atoms with E-state index >= 15 is 0 Å². The summed E-state index contributed by atoms with van der Waals surface area (Å²) < 4.78 is 95.0. The molecular weight excluding hydrogens is 359 g/mol. The van der Waals surface area contributed by atoms with Crippen molar-refractivity contribution in [2.45, 2.75) is 24.7 Å². The summed E-state index contributed by atoms with van der Waals surface area (Å²) in [4.78, 5) is 4.14. The first-order valence-corrected chi connectivity index (χ1v) is 7.39. The largest absolute Gasteiger partial charge is 0.383 e. The van der Waals surface area contributed by atoms with Crippen molar-refractivity contribution in [2.24, 2.45) is 0 Å². The van der Waals surface area contributed by atoms with Crippen LogP contribution in [-0.4, -0.2) is 22.8 Å². The van der Waals surface area contributed by atoms with Crippen LogP contribution in [0.1, 0.15) is 10.4 Å². The second-order valence-corrected chi connectivity index (χ2v) is 6.48. The van der Waals surface area contributed by atoms with Crippen LogP contribution in [-0.2, 0) is 0 Å². The van der Waals surface area contributed by atoms with Gasteiger partial charge in [-0.15, -0.1) is 11.3 Å². The fourth-order valence-corrected chi connectivity index (χ4v) is 3.49. The number of aromatic nitrogens is 1. The zero-order valence-electron chi connectivity index (χ0n) is 11.9. The molecule has 0 saturated carbocycles. The molecule has 0 N–H and O–H groups in total. The van der Waals surface area contributed by atoms with E-state index in [9.17, 15) is 30.7 Å². The lowest BCUT2D eigenvalue weighted by Gasteiger charge is -2.24. The van der Waals surface area contributed by atoms with Gasteiger partial charge in [0.25, 0.3) is 0 Å². The minimum atomic E-state index is -5.83. The van der Waals surface area contributed by atoms with Crippen LogP contribution in [0.2, 0.25) is 0 Å². The van der Waals surface area contributed by atoms with E-state index in [1.807, 2.05) is 0 Å². The molecule has 0 fully saturated rings. The maximum absolute atomic E-state index is 13.9. The molecule has 1 nitrogen and oxygen atoms in total. The van der Waals surface area contributed by atoms with Crippen molar-refractivity contribution in [1.82, 2.24) is 4.98 Å². The fraction of sp³-hybridized carbons (Fsp3) is 0.267. The van der Waals surface area contributed by atoms with E-state index in [4.69, 9.17) is 0 Å². The van der Waals surface area contributed by atoms with E-state index in [0.29, 0.717) is 10.4 Å². The number of alkyl halides is 6. The predicted molar refractivity (Wildman–Crippen MR) is 75.2 cm³/mol. The number of thiophene rings is 1. The van der Waals surface area contributed by atoms with Crippen LogP contribution in [0.15, 0.2) is 36.4 Å². The molecule has 0 radical (unpaired) electrons. The fourth-order valence-electron chi connectivity index (χ4n) is 2.46. The normalized spacial score (nSPS) is 21.3. The van der Waals surface area contributed by atoms with Gasteiger partial charge in [-0.2, -0.15) is 26.3 Å². The van der Waals surface area contributed by atoms with Crippen molar-refractivity contribution in [2.75, 3.05) is 0 Å². The average molecular weight is 367 g/mol. The minimum Gasteiger partial charge on any atom is -0.265 e. The molecule has 2 heterocycles. The number of aryl methyl sites for hydroxylation is 1. The Morgan fingerprint density at radius 1 is 0.958 bits per heavy atom. The standard InChI is InChI=1S/C15H8F7NS/c1-7-9(6-10(24-7)8-2-4-23-5-3-8)11-12(16)14(19,20)15(21,22)13(11,17)18/h2-6H,1H3.